The maximum absolute atomic E-state index is 3.71. The molecule has 0 aromatic carbocycles. The van der Waals surface area contributed by atoms with Gasteiger partial charge in [-0.25, -0.2) is 0 Å². The van der Waals surface area contributed by atoms with Gasteiger partial charge in [-0.1, -0.05) is 6.92 Å². The zero-order valence-corrected chi connectivity index (χ0v) is 9.63. The monoisotopic (exact) mass is 196 g/mol. The first-order valence-electron chi connectivity index (χ1n) is 6.28. The Hall–Kier alpha value is -0.0800. The summed E-state index contributed by atoms with van der Waals surface area (Å²) in [6.45, 7) is 8.39. The summed E-state index contributed by atoms with van der Waals surface area (Å²) in [5, 5.41) is 3.71. The van der Waals surface area contributed by atoms with Gasteiger partial charge in [-0.2, -0.15) is 0 Å². The number of likely N-dealkylation sites (tertiary alicyclic amines) is 1. The van der Waals surface area contributed by atoms with E-state index in [4.69, 9.17) is 0 Å². The highest BCUT2D eigenvalue weighted by molar-refractivity contribution is 4.86. The van der Waals surface area contributed by atoms with Crippen LogP contribution in [0, 0.1) is 5.92 Å². The van der Waals surface area contributed by atoms with Crippen molar-refractivity contribution >= 4 is 0 Å². The van der Waals surface area contributed by atoms with Crippen molar-refractivity contribution in [2.24, 2.45) is 5.92 Å². The molecule has 82 valence electrons. The summed E-state index contributed by atoms with van der Waals surface area (Å²) in [4.78, 5) is 2.62. The Bertz CT molecular complexity index is 177. The fourth-order valence-corrected chi connectivity index (χ4v) is 2.63. The van der Waals surface area contributed by atoms with E-state index in [9.17, 15) is 0 Å². The molecule has 0 bridgehead atoms. The topological polar surface area (TPSA) is 15.3 Å². The van der Waals surface area contributed by atoms with Gasteiger partial charge in [0.15, 0.2) is 0 Å². The second-order valence-electron chi connectivity index (χ2n) is 4.96. The molecule has 2 atom stereocenters. The Morgan fingerprint density at radius 3 is 2.79 bits per heavy atom. The highest BCUT2D eigenvalue weighted by Gasteiger charge is 2.29. The Labute approximate surface area is 88.1 Å². The molecule has 0 radical (unpaired) electrons. The number of nitrogens with zero attached hydrogens (tertiary/aromatic N) is 1. The van der Waals surface area contributed by atoms with Crippen LogP contribution in [0.2, 0.25) is 0 Å². The van der Waals surface area contributed by atoms with E-state index >= 15 is 0 Å². The number of nitrogens with one attached hydrogen (secondary N) is 1. The van der Waals surface area contributed by atoms with Crippen LogP contribution in [-0.4, -0.2) is 36.6 Å². The van der Waals surface area contributed by atoms with E-state index < -0.39 is 0 Å². The standard InChI is InChI=1S/C12H24N2/c1-3-14-8-4-5-12(14)9-13-10(2)11-6-7-11/h10-13H,3-9H2,1-2H3. The fraction of sp³-hybridized carbons (Fsp3) is 1.00. The number of hydrogen-bond acceptors (Lipinski definition) is 2. The van der Waals surface area contributed by atoms with Gasteiger partial charge in [-0.15, -0.1) is 0 Å². The molecule has 14 heavy (non-hydrogen) atoms. The molecule has 0 amide bonds. The second kappa shape index (κ2) is 4.63. The first-order valence-corrected chi connectivity index (χ1v) is 6.28. The molecule has 1 saturated carbocycles. The molecule has 2 fully saturated rings. The van der Waals surface area contributed by atoms with Crippen molar-refractivity contribution in [3.63, 3.8) is 0 Å². The summed E-state index contributed by atoms with van der Waals surface area (Å²) in [7, 11) is 0. The number of likely N-dealkylation sites (N-methyl/N-ethyl adjacent to an activating group) is 1. The minimum Gasteiger partial charge on any atom is -0.312 e. The zero-order valence-electron chi connectivity index (χ0n) is 9.63. The van der Waals surface area contributed by atoms with Gasteiger partial charge >= 0.3 is 0 Å². The summed E-state index contributed by atoms with van der Waals surface area (Å²) < 4.78 is 0. The first-order chi connectivity index (χ1) is 6.81. The van der Waals surface area contributed by atoms with Gasteiger partial charge in [0, 0.05) is 18.6 Å². The van der Waals surface area contributed by atoms with Gasteiger partial charge in [0.2, 0.25) is 0 Å². The molecule has 1 aliphatic carbocycles. The minimum atomic E-state index is 0.759. The molecule has 1 saturated heterocycles. The van der Waals surface area contributed by atoms with Gasteiger partial charge < -0.3 is 5.32 Å². The molecule has 0 aromatic rings. The van der Waals surface area contributed by atoms with Crippen LogP contribution in [0.25, 0.3) is 0 Å². The van der Waals surface area contributed by atoms with Gasteiger partial charge in [0.1, 0.15) is 0 Å². The van der Waals surface area contributed by atoms with Crippen molar-refractivity contribution in [1.82, 2.24) is 10.2 Å². The zero-order chi connectivity index (χ0) is 9.97. The fourth-order valence-electron chi connectivity index (χ4n) is 2.63. The lowest BCUT2D eigenvalue weighted by Crippen LogP contribution is -2.41. The summed E-state index contributed by atoms with van der Waals surface area (Å²) in [6.07, 6.45) is 5.71. The predicted octanol–water partition coefficient (Wildman–Crippen LogP) is 1.86. The molecule has 2 aliphatic rings. The van der Waals surface area contributed by atoms with Crippen LogP contribution in [0.4, 0.5) is 0 Å². The molecule has 1 N–H and O–H groups in total. The van der Waals surface area contributed by atoms with Gasteiger partial charge in [-0.05, 0) is 51.6 Å². The minimum absolute atomic E-state index is 0.759. The molecule has 1 aliphatic heterocycles. The number of hydrogen-bond donors (Lipinski definition) is 1. The van der Waals surface area contributed by atoms with Crippen molar-refractivity contribution in [2.45, 2.75) is 51.6 Å². The van der Waals surface area contributed by atoms with Gasteiger partial charge in [-0.3, -0.25) is 4.90 Å². The molecule has 2 unspecified atom stereocenters. The van der Waals surface area contributed by atoms with Crippen molar-refractivity contribution in [3.8, 4) is 0 Å². The lowest BCUT2D eigenvalue weighted by atomic mass is 10.1. The van der Waals surface area contributed by atoms with Crippen LogP contribution < -0.4 is 5.32 Å². The molecule has 0 aromatic heterocycles. The van der Waals surface area contributed by atoms with E-state index in [0.717, 1.165) is 18.0 Å². The van der Waals surface area contributed by atoms with Crippen LogP contribution in [0.15, 0.2) is 0 Å². The second-order valence-corrected chi connectivity index (χ2v) is 4.96. The van der Waals surface area contributed by atoms with E-state index in [-0.39, 0.29) is 0 Å². The maximum atomic E-state index is 3.71. The summed E-state index contributed by atoms with van der Waals surface area (Å²) >= 11 is 0. The molecular formula is C12H24N2. The van der Waals surface area contributed by atoms with Gasteiger partial charge in [0.25, 0.3) is 0 Å². The van der Waals surface area contributed by atoms with E-state index in [0.29, 0.717) is 0 Å². The Morgan fingerprint density at radius 2 is 2.14 bits per heavy atom. The van der Waals surface area contributed by atoms with Crippen molar-refractivity contribution in [2.75, 3.05) is 19.6 Å². The largest absolute Gasteiger partial charge is 0.312 e. The molecular weight excluding hydrogens is 172 g/mol. The normalized spacial score (nSPS) is 30.9. The average Bonchev–Trinajstić information content (AvgIpc) is 2.94. The summed E-state index contributed by atoms with van der Waals surface area (Å²) in [5.74, 6) is 0.992. The third-order valence-corrected chi connectivity index (χ3v) is 3.91. The van der Waals surface area contributed by atoms with Crippen LogP contribution in [0.5, 0.6) is 0 Å². The SMILES string of the molecule is CCN1CCCC1CNC(C)C1CC1. The molecule has 2 nitrogen and oxygen atoms in total. The van der Waals surface area contributed by atoms with Crippen molar-refractivity contribution in [1.29, 1.82) is 0 Å². The first kappa shape index (κ1) is 10.4. The smallest absolute Gasteiger partial charge is 0.0221 e. The van der Waals surface area contributed by atoms with Crippen LogP contribution in [-0.2, 0) is 0 Å². The van der Waals surface area contributed by atoms with Crippen molar-refractivity contribution in [3.05, 3.63) is 0 Å². The molecule has 1 heterocycles. The van der Waals surface area contributed by atoms with Crippen LogP contribution >= 0.6 is 0 Å². The van der Waals surface area contributed by atoms with Crippen LogP contribution in [0.3, 0.4) is 0 Å². The Balaban J connectivity index is 1.68. The lowest BCUT2D eigenvalue weighted by Gasteiger charge is -2.24. The molecule has 2 heteroatoms. The summed E-state index contributed by atoms with van der Waals surface area (Å²) in [5.41, 5.74) is 0. The van der Waals surface area contributed by atoms with E-state index in [1.807, 2.05) is 0 Å². The maximum Gasteiger partial charge on any atom is 0.0221 e. The lowest BCUT2D eigenvalue weighted by molar-refractivity contribution is 0.252. The number of rotatable bonds is 5. The highest BCUT2D eigenvalue weighted by Crippen LogP contribution is 2.32. The quantitative estimate of drug-likeness (QED) is 0.722. The Morgan fingerprint density at radius 1 is 1.36 bits per heavy atom. The highest BCUT2D eigenvalue weighted by atomic mass is 15.2. The van der Waals surface area contributed by atoms with E-state index in [1.54, 1.807) is 0 Å². The molecule has 0 spiro atoms. The predicted molar refractivity (Wildman–Crippen MR) is 60.5 cm³/mol. The van der Waals surface area contributed by atoms with Gasteiger partial charge in [0.05, 0.1) is 0 Å². The van der Waals surface area contributed by atoms with E-state index in [2.05, 4.69) is 24.1 Å². The van der Waals surface area contributed by atoms with Crippen LogP contribution in [0.1, 0.15) is 39.5 Å². The Kier molecular flexibility index (Phi) is 3.45. The molecule has 2 rings (SSSR count). The average molecular weight is 196 g/mol. The van der Waals surface area contributed by atoms with E-state index in [1.165, 1.54) is 45.3 Å². The summed E-state index contributed by atoms with van der Waals surface area (Å²) in [6, 6.07) is 1.58. The van der Waals surface area contributed by atoms with Crippen molar-refractivity contribution < 1.29 is 0 Å². The third kappa shape index (κ3) is 2.48. The third-order valence-electron chi connectivity index (χ3n) is 3.91.